The second-order valence-corrected chi connectivity index (χ2v) is 15.8. The van der Waals surface area contributed by atoms with Crippen molar-refractivity contribution in [2.75, 3.05) is 4.90 Å². The Morgan fingerprint density at radius 1 is 0.429 bits per heavy atom. The number of fused-ring (bicyclic) bond motifs is 14. The van der Waals surface area contributed by atoms with Crippen molar-refractivity contribution in [3.8, 4) is 33.8 Å². The molecule has 0 saturated heterocycles. The standard InChI is InChI=1S/C53H33NOS/c1-2-15-34(16-3-1)37-18-6-10-23-45(37)54(46-24-14-28-50-52(46)40-20-7-13-27-49(40)56-50)36-30-31-39-44(33-36)53(43-32-29-35-17-4-5-19-38(35)51(39)43)41-21-8-11-25-47(41)55-48-26-12-9-22-42(48)53/h1-33H. The van der Waals surface area contributed by atoms with Gasteiger partial charge in [0.25, 0.3) is 0 Å². The van der Waals surface area contributed by atoms with Crippen molar-refractivity contribution in [3.63, 3.8) is 0 Å². The van der Waals surface area contributed by atoms with Gasteiger partial charge in [0, 0.05) is 42.6 Å². The van der Waals surface area contributed by atoms with E-state index >= 15 is 0 Å². The second-order valence-electron chi connectivity index (χ2n) is 14.8. The summed E-state index contributed by atoms with van der Waals surface area (Å²) >= 11 is 1.86. The molecular weight excluding hydrogens is 699 g/mol. The fourth-order valence-electron chi connectivity index (χ4n) is 9.67. The Morgan fingerprint density at radius 3 is 1.93 bits per heavy atom. The van der Waals surface area contributed by atoms with Gasteiger partial charge in [-0.2, -0.15) is 0 Å². The minimum atomic E-state index is -0.609. The van der Waals surface area contributed by atoms with E-state index in [1.165, 1.54) is 64.3 Å². The van der Waals surface area contributed by atoms with Gasteiger partial charge in [0.15, 0.2) is 0 Å². The zero-order valence-corrected chi connectivity index (χ0v) is 31.1. The SMILES string of the molecule is c1ccc(-c2ccccc2N(c2ccc3c(c2)C2(c4ccccc4Oc4ccccc42)c2ccc4ccccc4c2-3)c2cccc3sc4ccccc4c23)cc1. The van der Waals surface area contributed by atoms with E-state index in [2.05, 4.69) is 205 Å². The summed E-state index contributed by atoms with van der Waals surface area (Å²) in [5, 5.41) is 5.04. The topological polar surface area (TPSA) is 12.5 Å². The van der Waals surface area contributed by atoms with Crippen molar-refractivity contribution >= 4 is 59.3 Å². The van der Waals surface area contributed by atoms with E-state index in [4.69, 9.17) is 4.74 Å². The summed E-state index contributed by atoms with van der Waals surface area (Å²) in [6.07, 6.45) is 0. The first-order chi connectivity index (χ1) is 27.8. The van der Waals surface area contributed by atoms with Crippen LogP contribution in [0.5, 0.6) is 11.5 Å². The maximum Gasteiger partial charge on any atom is 0.132 e. The van der Waals surface area contributed by atoms with Crippen LogP contribution in [0, 0.1) is 0 Å². The van der Waals surface area contributed by atoms with Gasteiger partial charge >= 0.3 is 0 Å². The molecule has 0 radical (unpaired) electrons. The van der Waals surface area contributed by atoms with E-state index in [1.54, 1.807) is 0 Å². The number of benzene rings is 9. The number of thiophene rings is 1. The normalized spacial score (nSPS) is 13.3. The van der Waals surface area contributed by atoms with Gasteiger partial charge in [0.2, 0.25) is 0 Å². The molecule has 9 aromatic carbocycles. The number of nitrogens with zero attached hydrogens (tertiary/aromatic N) is 1. The minimum absolute atomic E-state index is 0.609. The fourth-order valence-corrected chi connectivity index (χ4v) is 10.8. The largest absolute Gasteiger partial charge is 0.457 e. The number of anilines is 3. The van der Waals surface area contributed by atoms with E-state index in [0.29, 0.717) is 0 Å². The van der Waals surface area contributed by atoms with Crippen molar-refractivity contribution in [2.24, 2.45) is 0 Å². The van der Waals surface area contributed by atoms with Crippen LogP contribution in [-0.4, -0.2) is 0 Å². The molecule has 0 atom stereocenters. The van der Waals surface area contributed by atoms with Gasteiger partial charge < -0.3 is 9.64 Å². The Balaban J connectivity index is 1.22. The first kappa shape index (κ1) is 31.4. The molecule has 0 fully saturated rings. The van der Waals surface area contributed by atoms with E-state index in [0.717, 1.165) is 39.7 Å². The van der Waals surface area contributed by atoms with E-state index in [1.807, 2.05) is 11.3 Å². The molecule has 1 aliphatic heterocycles. The zero-order valence-electron chi connectivity index (χ0n) is 30.3. The molecule has 0 saturated carbocycles. The highest BCUT2D eigenvalue weighted by Crippen LogP contribution is 2.64. The third-order valence-electron chi connectivity index (χ3n) is 11.9. The van der Waals surface area contributed by atoms with Gasteiger partial charge in [-0.3, -0.25) is 0 Å². The van der Waals surface area contributed by atoms with Gasteiger partial charge in [0.1, 0.15) is 11.5 Å². The summed E-state index contributed by atoms with van der Waals surface area (Å²) in [6.45, 7) is 0. The van der Waals surface area contributed by atoms with Crippen molar-refractivity contribution in [2.45, 2.75) is 5.41 Å². The van der Waals surface area contributed by atoms with Crippen LogP contribution in [0.1, 0.15) is 22.3 Å². The highest BCUT2D eigenvalue weighted by molar-refractivity contribution is 7.26. The number of ether oxygens (including phenoxy) is 1. The first-order valence-electron chi connectivity index (χ1n) is 19.2. The highest BCUT2D eigenvalue weighted by Gasteiger charge is 2.51. The molecule has 3 heteroatoms. The molecule has 2 aliphatic rings. The summed E-state index contributed by atoms with van der Waals surface area (Å²) in [5.74, 6) is 1.79. The molecule has 1 spiro atoms. The number of hydrogen-bond acceptors (Lipinski definition) is 3. The number of rotatable bonds is 4. The Labute approximate surface area is 329 Å². The van der Waals surface area contributed by atoms with Crippen LogP contribution in [0.15, 0.2) is 200 Å². The lowest BCUT2D eigenvalue weighted by Crippen LogP contribution is -2.32. The van der Waals surface area contributed by atoms with Crippen LogP contribution < -0.4 is 9.64 Å². The summed E-state index contributed by atoms with van der Waals surface area (Å²) < 4.78 is 9.30. The Hall–Kier alpha value is -6.94. The van der Waals surface area contributed by atoms with Crippen molar-refractivity contribution in [3.05, 3.63) is 222 Å². The zero-order chi connectivity index (χ0) is 36.8. The number of hydrogen-bond donors (Lipinski definition) is 0. The van der Waals surface area contributed by atoms with Gasteiger partial charge in [-0.25, -0.2) is 0 Å². The molecular formula is C53H33NOS. The fraction of sp³-hybridized carbons (Fsp3) is 0.0189. The van der Waals surface area contributed by atoms with Gasteiger partial charge in [-0.1, -0.05) is 152 Å². The van der Waals surface area contributed by atoms with Crippen LogP contribution in [-0.2, 0) is 5.41 Å². The molecule has 1 aliphatic carbocycles. The Bertz CT molecular complexity index is 3150. The molecule has 10 aromatic rings. The molecule has 12 rings (SSSR count). The van der Waals surface area contributed by atoms with Crippen LogP contribution in [0.2, 0.25) is 0 Å². The molecule has 0 bridgehead atoms. The summed E-state index contributed by atoms with van der Waals surface area (Å²) in [7, 11) is 0. The van der Waals surface area contributed by atoms with E-state index in [9.17, 15) is 0 Å². The molecule has 1 aromatic heterocycles. The van der Waals surface area contributed by atoms with Gasteiger partial charge in [-0.15, -0.1) is 11.3 Å². The summed E-state index contributed by atoms with van der Waals surface area (Å²) in [4.78, 5) is 2.51. The maximum absolute atomic E-state index is 6.73. The third-order valence-corrected chi connectivity index (χ3v) is 13.1. The maximum atomic E-state index is 6.73. The van der Waals surface area contributed by atoms with Crippen molar-refractivity contribution < 1.29 is 4.74 Å². The quantitative estimate of drug-likeness (QED) is 0.179. The van der Waals surface area contributed by atoms with Gasteiger partial charge in [-0.05, 0) is 87.1 Å². The summed E-state index contributed by atoms with van der Waals surface area (Å²) in [5.41, 5.74) is 12.5. The monoisotopic (exact) mass is 731 g/mol. The third kappa shape index (κ3) is 4.32. The predicted molar refractivity (Wildman–Crippen MR) is 234 cm³/mol. The van der Waals surface area contributed by atoms with E-state index in [-0.39, 0.29) is 0 Å². The first-order valence-corrected chi connectivity index (χ1v) is 20.0. The molecule has 0 N–H and O–H groups in total. The molecule has 0 unspecified atom stereocenters. The molecule has 2 heterocycles. The number of para-hydroxylation sites is 3. The average molecular weight is 732 g/mol. The smallest absolute Gasteiger partial charge is 0.132 e. The summed E-state index contributed by atoms with van der Waals surface area (Å²) in [6, 6.07) is 73.2. The lowest BCUT2D eigenvalue weighted by atomic mass is 9.66. The van der Waals surface area contributed by atoms with Crippen LogP contribution in [0.3, 0.4) is 0 Å². The molecule has 56 heavy (non-hydrogen) atoms. The van der Waals surface area contributed by atoms with Crippen molar-refractivity contribution in [1.29, 1.82) is 0 Å². The Morgan fingerprint density at radius 2 is 1.09 bits per heavy atom. The van der Waals surface area contributed by atoms with Gasteiger partial charge in [0.05, 0.1) is 16.8 Å². The van der Waals surface area contributed by atoms with Crippen LogP contribution >= 0.6 is 11.3 Å². The molecule has 0 amide bonds. The lowest BCUT2D eigenvalue weighted by Gasteiger charge is -2.39. The second kappa shape index (κ2) is 12.0. The van der Waals surface area contributed by atoms with Crippen LogP contribution in [0.25, 0.3) is 53.2 Å². The molecule has 2 nitrogen and oxygen atoms in total. The minimum Gasteiger partial charge on any atom is -0.457 e. The van der Waals surface area contributed by atoms with E-state index < -0.39 is 5.41 Å². The lowest BCUT2D eigenvalue weighted by molar-refractivity contribution is 0.436. The molecule has 262 valence electrons. The van der Waals surface area contributed by atoms with Crippen LogP contribution in [0.4, 0.5) is 17.1 Å². The average Bonchev–Trinajstić information content (AvgIpc) is 3.79. The Kier molecular flexibility index (Phi) is 6.75. The predicted octanol–water partition coefficient (Wildman–Crippen LogP) is 14.8. The van der Waals surface area contributed by atoms with Crippen molar-refractivity contribution in [1.82, 2.24) is 0 Å². The highest BCUT2D eigenvalue weighted by atomic mass is 32.1.